The lowest BCUT2D eigenvalue weighted by Gasteiger charge is -2.33. The Balaban J connectivity index is 1.89. The molecule has 0 spiro atoms. The van der Waals surface area contributed by atoms with E-state index in [4.69, 9.17) is 18.0 Å². The van der Waals surface area contributed by atoms with Crippen molar-refractivity contribution in [2.45, 2.75) is 19.4 Å². The Hall–Kier alpha value is -1.72. The van der Waals surface area contributed by atoms with E-state index < -0.39 is 0 Å². The molecular weight excluding hydrogens is 300 g/mol. The molecule has 1 aliphatic heterocycles. The van der Waals surface area contributed by atoms with Crippen LogP contribution in [0.5, 0.6) is 0 Å². The second-order valence-electron chi connectivity index (χ2n) is 5.17. The van der Waals surface area contributed by atoms with Gasteiger partial charge in [0.25, 0.3) is 5.91 Å². The Labute approximate surface area is 133 Å². The molecule has 1 aromatic heterocycles. The number of thiocarbonyl (C=S) groups is 1. The van der Waals surface area contributed by atoms with Gasteiger partial charge in [0.05, 0.1) is 6.04 Å². The molecule has 108 valence electrons. The van der Waals surface area contributed by atoms with Gasteiger partial charge in [-0.1, -0.05) is 24.4 Å². The van der Waals surface area contributed by atoms with Crippen molar-refractivity contribution in [3.8, 4) is 0 Å². The monoisotopic (exact) mass is 316 g/mol. The van der Waals surface area contributed by atoms with Gasteiger partial charge >= 0.3 is 0 Å². The smallest absolute Gasteiger partial charge is 0.254 e. The van der Waals surface area contributed by atoms with Crippen molar-refractivity contribution in [2.24, 2.45) is 5.73 Å². The molecule has 2 aromatic rings. The van der Waals surface area contributed by atoms with E-state index >= 15 is 0 Å². The van der Waals surface area contributed by atoms with Crippen LogP contribution in [-0.4, -0.2) is 22.3 Å². The summed E-state index contributed by atoms with van der Waals surface area (Å²) in [6.07, 6.45) is 0.929. The average molecular weight is 316 g/mol. The van der Waals surface area contributed by atoms with Crippen molar-refractivity contribution in [3.05, 3.63) is 57.3 Å². The number of rotatable bonds is 2. The average Bonchev–Trinajstić information content (AvgIpc) is 2.96. The Morgan fingerprint density at radius 2 is 2.14 bits per heavy atom. The predicted molar refractivity (Wildman–Crippen MR) is 89.8 cm³/mol. The topological polar surface area (TPSA) is 46.3 Å². The molecule has 1 aromatic carbocycles. The molecule has 0 saturated carbocycles. The van der Waals surface area contributed by atoms with Crippen LogP contribution in [0, 0.1) is 0 Å². The number of thiophene rings is 1. The minimum absolute atomic E-state index is 0.0393. The van der Waals surface area contributed by atoms with E-state index in [0.29, 0.717) is 10.6 Å². The summed E-state index contributed by atoms with van der Waals surface area (Å²) in [5, 5.41) is 2.10. The van der Waals surface area contributed by atoms with Gasteiger partial charge in [-0.2, -0.15) is 0 Å². The van der Waals surface area contributed by atoms with Gasteiger partial charge in [-0.15, -0.1) is 11.3 Å². The number of benzene rings is 1. The number of carbonyl (C=O) groups is 1. The van der Waals surface area contributed by atoms with Gasteiger partial charge in [-0.3, -0.25) is 4.79 Å². The second kappa shape index (κ2) is 5.58. The molecule has 21 heavy (non-hydrogen) atoms. The fourth-order valence-corrected chi connectivity index (χ4v) is 3.85. The predicted octanol–water partition coefficient (Wildman–Crippen LogP) is 3.14. The van der Waals surface area contributed by atoms with Crippen molar-refractivity contribution in [3.63, 3.8) is 0 Å². The van der Waals surface area contributed by atoms with Crippen LogP contribution in [0.1, 0.15) is 39.3 Å². The fraction of sp³-hybridized carbons (Fsp3) is 0.250. The lowest BCUT2D eigenvalue weighted by Crippen LogP contribution is -2.38. The van der Waals surface area contributed by atoms with Crippen molar-refractivity contribution >= 4 is 34.5 Å². The van der Waals surface area contributed by atoms with Gasteiger partial charge in [0.1, 0.15) is 4.99 Å². The summed E-state index contributed by atoms with van der Waals surface area (Å²) in [5.41, 5.74) is 8.29. The summed E-state index contributed by atoms with van der Waals surface area (Å²) in [6, 6.07) is 9.49. The summed E-state index contributed by atoms with van der Waals surface area (Å²) in [6.45, 7) is 2.84. The molecule has 1 unspecified atom stereocenters. The zero-order valence-corrected chi connectivity index (χ0v) is 13.3. The van der Waals surface area contributed by atoms with Gasteiger partial charge in [-0.05, 0) is 42.5 Å². The summed E-state index contributed by atoms with van der Waals surface area (Å²) in [7, 11) is 0. The lowest BCUT2D eigenvalue weighted by atomic mass is 10.00. The summed E-state index contributed by atoms with van der Waals surface area (Å²) >= 11 is 6.76. The molecule has 2 N–H and O–H groups in total. The number of fused-ring (bicyclic) bond motifs is 1. The van der Waals surface area contributed by atoms with Gasteiger partial charge in [-0.25, -0.2) is 0 Å². The maximum Gasteiger partial charge on any atom is 0.254 e. The van der Waals surface area contributed by atoms with E-state index in [9.17, 15) is 4.79 Å². The molecule has 2 heterocycles. The van der Waals surface area contributed by atoms with E-state index in [1.807, 2.05) is 23.1 Å². The normalized spacial score (nSPS) is 17.4. The number of amides is 1. The van der Waals surface area contributed by atoms with E-state index in [-0.39, 0.29) is 11.9 Å². The summed E-state index contributed by atoms with van der Waals surface area (Å²) in [4.78, 5) is 16.4. The fourth-order valence-electron chi connectivity index (χ4n) is 2.76. The first-order valence-corrected chi connectivity index (χ1v) is 8.14. The van der Waals surface area contributed by atoms with Crippen LogP contribution in [-0.2, 0) is 6.42 Å². The van der Waals surface area contributed by atoms with Gasteiger partial charge in [0.15, 0.2) is 0 Å². The Morgan fingerprint density at radius 3 is 2.90 bits per heavy atom. The van der Waals surface area contributed by atoms with Crippen LogP contribution in [0.3, 0.4) is 0 Å². The molecule has 0 fully saturated rings. The highest BCUT2D eigenvalue weighted by atomic mass is 32.1. The van der Waals surface area contributed by atoms with Crippen molar-refractivity contribution in [2.75, 3.05) is 6.54 Å². The molecular formula is C16H16N2OS2. The standard InChI is InChI=1S/C16H16N2OS2/c1-10-13-6-8-21-14(13)5-7-18(10)16(19)12-4-2-3-11(9-12)15(17)20/h2-4,6,8-10H,5,7H2,1H3,(H2,17,20). The number of carbonyl (C=O) groups excluding carboxylic acids is 1. The molecule has 0 aliphatic carbocycles. The first kappa shape index (κ1) is 14.2. The minimum atomic E-state index is 0.0393. The maximum absolute atomic E-state index is 12.8. The first-order valence-electron chi connectivity index (χ1n) is 6.85. The quantitative estimate of drug-likeness (QED) is 0.866. The van der Waals surface area contributed by atoms with Crippen LogP contribution in [0.15, 0.2) is 35.7 Å². The van der Waals surface area contributed by atoms with Crippen LogP contribution < -0.4 is 5.73 Å². The van der Waals surface area contributed by atoms with Crippen LogP contribution in [0.4, 0.5) is 0 Å². The molecule has 1 aliphatic rings. The zero-order chi connectivity index (χ0) is 15.0. The van der Waals surface area contributed by atoms with E-state index in [1.165, 1.54) is 10.4 Å². The van der Waals surface area contributed by atoms with Crippen LogP contribution in [0.2, 0.25) is 0 Å². The van der Waals surface area contributed by atoms with Crippen molar-refractivity contribution in [1.29, 1.82) is 0 Å². The third kappa shape index (κ3) is 2.59. The largest absolute Gasteiger partial charge is 0.389 e. The number of nitrogens with two attached hydrogens (primary N) is 1. The highest BCUT2D eigenvalue weighted by molar-refractivity contribution is 7.80. The van der Waals surface area contributed by atoms with Gasteiger partial charge < -0.3 is 10.6 Å². The van der Waals surface area contributed by atoms with Crippen molar-refractivity contribution < 1.29 is 4.79 Å². The van der Waals surface area contributed by atoms with E-state index in [2.05, 4.69) is 18.4 Å². The lowest BCUT2D eigenvalue weighted by molar-refractivity contribution is 0.0679. The third-order valence-corrected chi connectivity index (χ3v) is 5.16. The molecule has 0 saturated heterocycles. The maximum atomic E-state index is 12.8. The SMILES string of the molecule is CC1c2ccsc2CCN1C(=O)c1cccc(C(N)=S)c1. The zero-order valence-electron chi connectivity index (χ0n) is 11.7. The third-order valence-electron chi connectivity index (χ3n) is 3.93. The first-order chi connectivity index (χ1) is 10.1. The Bertz CT molecular complexity index is 708. The molecule has 1 amide bonds. The van der Waals surface area contributed by atoms with E-state index in [1.54, 1.807) is 17.4 Å². The summed E-state index contributed by atoms with van der Waals surface area (Å²) in [5.74, 6) is 0.0393. The molecule has 3 rings (SSSR count). The highest BCUT2D eigenvalue weighted by Crippen LogP contribution is 2.33. The van der Waals surface area contributed by atoms with Crippen LogP contribution in [0.25, 0.3) is 0 Å². The summed E-state index contributed by atoms with van der Waals surface area (Å²) < 4.78 is 0. The van der Waals surface area contributed by atoms with E-state index in [0.717, 1.165) is 18.5 Å². The number of hydrogen-bond donors (Lipinski definition) is 1. The molecule has 1 atom stereocenters. The minimum Gasteiger partial charge on any atom is -0.389 e. The molecule has 5 heteroatoms. The van der Waals surface area contributed by atoms with Crippen LogP contribution >= 0.6 is 23.6 Å². The molecule has 0 bridgehead atoms. The molecule has 0 radical (unpaired) electrons. The Morgan fingerprint density at radius 1 is 1.38 bits per heavy atom. The molecule has 3 nitrogen and oxygen atoms in total. The van der Waals surface area contributed by atoms with Gasteiger partial charge in [0.2, 0.25) is 0 Å². The number of nitrogens with zero attached hydrogens (tertiary/aromatic N) is 1. The number of hydrogen-bond acceptors (Lipinski definition) is 3. The second-order valence-corrected chi connectivity index (χ2v) is 6.61. The Kier molecular flexibility index (Phi) is 3.78. The van der Waals surface area contributed by atoms with Crippen molar-refractivity contribution in [1.82, 2.24) is 4.90 Å². The van der Waals surface area contributed by atoms with Gasteiger partial charge in [0, 0.05) is 22.5 Å². The highest BCUT2D eigenvalue weighted by Gasteiger charge is 2.28.